The summed E-state index contributed by atoms with van der Waals surface area (Å²) in [6.07, 6.45) is 0.566. The first-order chi connectivity index (χ1) is 9.94. The molecule has 1 aromatic heterocycles. The van der Waals surface area contributed by atoms with Crippen LogP contribution in [0.3, 0.4) is 0 Å². The molecule has 0 amide bonds. The number of ether oxygens (including phenoxy) is 1. The monoisotopic (exact) mass is 305 g/mol. The van der Waals surface area contributed by atoms with Gasteiger partial charge < -0.3 is 4.74 Å². The van der Waals surface area contributed by atoms with Gasteiger partial charge in [0.25, 0.3) is 5.82 Å². The van der Waals surface area contributed by atoms with E-state index in [9.17, 15) is 15.3 Å². The number of nitrogen functional groups attached to an aromatic ring is 1. The van der Waals surface area contributed by atoms with Gasteiger partial charge in [-0.25, -0.2) is 4.98 Å². The van der Waals surface area contributed by atoms with Crippen LogP contribution in [0, 0.1) is 28.6 Å². The number of thioether (sulfide) groups is 1. The molecule has 0 saturated carbocycles. The predicted octanol–water partition coefficient (Wildman–Crippen LogP) is 1.29. The number of nitrogens with two attached hydrogens (primary N) is 1. The van der Waals surface area contributed by atoms with E-state index in [-0.39, 0.29) is 17.5 Å². The smallest absolute Gasteiger partial charge is 0.316 e. The molecule has 1 heterocycles. The van der Waals surface area contributed by atoms with Crippen LogP contribution in [-0.2, 0) is 16.0 Å². The van der Waals surface area contributed by atoms with Crippen LogP contribution >= 0.6 is 11.8 Å². The summed E-state index contributed by atoms with van der Waals surface area (Å²) in [5.74, 6) is 0.142. The topological polar surface area (TPSA) is 114 Å². The molecular weight excluding hydrogens is 288 g/mol. The van der Waals surface area contributed by atoms with Crippen LogP contribution in [0.4, 0.5) is 5.82 Å². The molecule has 0 unspecified atom stereocenters. The molecule has 0 aliphatic carbocycles. The number of anilines is 1. The fraction of sp³-hybridized carbons (Fsp3) is 0.429. The zero-order valence-electron chi connectivity index (χ0n) is 12.2. The number of aromatic nitrogens is 1. The molecule has 0 atom stereocenters. The van der Waals surface area contributed by atoms with Gasteiger partial charge in [0.2, 0.25) is 0 Å². The average Bonchev–Trinajstić information content (AvgIpc) is 2.44. The molecule has 1 aromatic rings. The fourth-order valence-corrected chi connectivity index (χ4v) is 2.70. The number of nitrogens with one attached hydrogen (secondary N) is 1. The third-order valence-electron chi connectivity index (χ3n) is 2.75. The maximum atomic E-state index is 11.2. The minimum atomic E-state index is -0.398. The lowest BCUT2D eigenvalue weighted by Crippen LogP contribution is -2.21. The van der Waals surface area contributed by atoms with Crippen molar-refractivity contribution >= 4 is 23.5 Å². The Hall–Kier alpha value is -2.25. The highest BCUT2D eigenvalue weighted by atomic mass is 32.2. The van der Waals surface area contributed by atoms with Crippen molar-refractivity contribution in [2.45, 2.75) is 25.3 Å². The zero-order valence-corrected chi connectivity index (χ0v) is 13.0. The number of rotatable bonds is 5. The molecule has 0 aliphatic rings. The second-order valence-corrected chi connectivity index (χ2v) is 5.77. The SMILES string of the molecule is COC(=O)CSc1[nH+]c(N)c(C#N)c(CC(C)C)c1C#N. The van der Waals surface area contributed by atoms with Crippen LogP contribution < -0.4 is 10.7 Å². The van der Waals surface area contributed by atoms with E-state index in [4.69, 9.17) is 5.73 Å². The molecule has 0 bridgehead atoms. The van der Waals surface area contributed by atoms with Crippen molar-refractivity contribution in [2.24, 2.45) is 5.92 Å². The van der Waals surface area contributed by atoms with Gasteiger partial charge in [-0.3, -0.25) is 10.5 Å². The molecular formula is C14H17N4O2S+. The van der Waals surface area contributed by atoms with Gasteiger partial charge in [0.05, 0.1) is 12.9 Å². The van der Waals surface area contributed by atoms with Crippen molar-refractivity contribution in [3.8, 4) is 12.1 Å². The van der Waals surface area contributed by atoms with E-state index in [1.807, 2.05) is 19.9 Å². The van der Waals surface area contributed by atoms with Gasteiger partial charge in [0, 0.05) is 5.56 Å². The number of carbonyl (C=O) groups excluding carboxylic acids is 1. The van der Waals surface area contributed by atoms with Gasteiger partial charge in [0.15, 0.2) is 5.03 Å². The van der Waals surface area contributed by atoms with Crippen LogP contribution in [0.15, 0.2) is 5.03 Å². The molecule has 6 nitrogen and oxygen atoms in total. The van der Waals surface area contributed by atoms with Gasteiger partial charge in [0.1, 0.15) is 23.3 Å². The van der Waals surface area contributed by atoms with Crippen LogP contribution in [0.2, 0.25) is 0 Å². The number of hydrogen-bond donors (Lipinski definition) is 1. The van der Waals surface area contributed by atoms with Gasteiger partial charge in [-0.05, 0) is 12.3 Å². The van der Waals surface area contributed by atoms with E-state index in [0.29, 0.717) is 28.1 Å². The molecule has 3 N–H and O–H groups in total. The van der Waals surface area contributed by atoms with E-state index in [1.165, 1.54) is 7.11 Å². The van der Waals surface area contributed by atoms with Crippen LogP contribution in [0.25, 0.3) is 0 Å². The maximum Gasteiger partial charge on any atom is 0.316 e. The lowest BCUT2D eigenvalue weighted by molar-refractivity contribution is -0.410. The minimum absolute atomic E-state index is 0.0636. The number of methoxy groups -OCH3 is 1. The highest BCUT2D eigenvalue weighted by Crippen LogP contribution is 2.27. The van der Waals surface area contributed by atoms with E-state index in [2.05, 4.69) is 15.8 Å². The van der Waals surface area contributed by atoms with E-state index in [0.717, 1.165) is 11.8 Å². The molecule has 110 valence electrons. The normalized spacial score (nSPS) is 10.0. The molecule has 21 heavy (non-hydrogen) atoms. The largest absolute Gasteiger partial charge is 0.468 e. The quantitative estimate of drug-likeness (QED) is 0.647. The van der Waals surface area contributed by atoms with Crippen molar-refractivity contribution < 1.29 is 14.5 Å². The Kier molecular flexibility index (Phi) is 6.01. The Balaban J connectivity index is 3.33. The summed E-state index contributed by atoms with van der Waals surface area (Å²) >= 11 is 1.14. The van der Waals surface area contributed by atoms with Crippen LogP contribution in [0.5, 0.6) is 0 Å². The van der Waals surface area contributed by atoms with Crippen LogP contribution in [-0.4, -0.2) is 18.8 Å². The summed E-state index contributed by atoms with van der Waals surface area (Å²) in [6, 6.07) is 4.14. The Morgan fingerprint density at radius 2 is 2.00 bits per heavy atom. The Morgan fingerprint density at radius 1 is 1.38 bits per heavy atom. The summed E-state index contributed by atoms with van der Waals surface area (Å²) in [5, 5.41) is 19.1. The number of carbonyl (C=O) groups is 1. The summed E-state index contributed by atoms with van der Waals surface area (Å²) in [7, 11) is 1.30. The van der Waals surface area contributed by atoms with Crippen molar-refractivity contribution in [3.05, 3.63) is 16.7 Å². The number of H-pyrrole nitrogens is 1. The number of esters is 1. The number of nitrogens with zero attached hydrogens (tertiary/aromatic N) is 2. The minimum Gasteiger partial charge on any atom is -0.468 e. The Labute approximate surface area is 127 Å². The van der Waals surface area contributed by atoms with E-state index < -0.39 is 5.97 Å². The number of aromatic amines is 1. The van der Waals surface area contributed by atoms with Gasteiger partial charge >= 0.3 is 5.97 Å². The maximum absolute atomic E-state index is 11.2. The van der Waals surface area contributed by atoms with Crippen molar-refractivity contribution in [2.75, 3.05) is 18.6 Å². The molecule has 0 saturated heterocycles. The molecule has 7 heteroatoms. The number of hydrogen-bond acceptors (Lipinski definition) is 6. The van der Waals surface area contributed by atoms with E-state index >= 15 is 0 Å². The lowest BCUT2D eigenvalue weighted by Gasteiger charge is -2.11. The highest BCUT2D eigenvalue weighted by Gasteiger charge is 2.23. The van der Waals surface area contributed by atoms with Crippen molar-refractivity contribution in [1.82, 2.24) is 0 Å². The van der Waals surface area contributed by atoms with Crippen LogP contribution in [0.1, 0.15) is 30.5 Å². The molecule has 0 spiro atoms. The standard InChI is InChI=1S/C14H16N4O2S/c1-8(2)4-9-10(5-15)13(17)18-14(11(9)6-16)21-7-12(19)20-3/h8H,4,7H2,1-3H3,(H2,17,18)/p+1. The lowest BCUT2D eigenvalue weighted by atomic mass is 9.95. The number of nitriles is 2. The first-order valence-electron chi connectivity index (χ1n) is 6.32. The third-order valence-corrected chi connectivity index (χ3v) is 3.72. The molecule has 0 aliphatic heterocycles. The van der Waals surface area contributed by atoms with Crippen molar-refractivity contribution in [1.29, 1.82) is 10.5 Å². The molecule has 0 fully saturated rings. The predicted molar refractivity (Wildman–Crippen MR) is 78.1 cm³/mol. The second kappa shape index (κ2) is 7.51. The first-order valence-corrected chi connectivity index (χ1v) is 7.30. The Morgan fingerprint density at radius 3 is 2.48 bits per heavy atom. The Bertz CT molecular complexity index is 629. The van der Waals surface area contributed by atoms with Gasteiger partial charge in [-0.1, -0.05) is 25.6 Å². The second-order valence-electron chi connectivity index (χ2n) is 4.78. The first kappa shape index (κ1) is 16.8. The summed E-state index contributed by atoms with van der Waals surface area (Å²) < 4.78 is 4.58. The summed E-state index contributed by atoms with van der Waals surface area (Å²) in [6.45, 7) is 3.99. The average molecular weight is 305 g/mol. The molecule has 1 rings (SSSR count). The molecule has 0 radical (unpaired) electrons. The van der Waals surface area contributed by atoms with Gasteiger partial charge in [-0.15, -0.1) is 0 Å². The van der Waals surface area contributed by atoms with E-state index in [1.54, 1.807) is 0 Å². The summed E-state index contributed by atoms with van der Waals surface area (Å²) in [5.41, 5.74) is 7.14. The number of pyridine rings is 1. The van der Waals surface area contributed by atoms with Gasteiger partial charge in [-0.2, -0.15) is 10.5 Å². The van der Waals surface area contributed by atoms with Crippen molar-refractivity contribution in [3.63, 3.8) is 0 Å². The molecule has 0 aromatic carbocycles. The summed E-state index contributed by atoms with van der Waals surface area (Å²) in [4.78, 5) is 14.1. The fourth-order valence-electron chi connectivity index (χ4n) is 1.83. The highest BCUT2D eigenvalue weighted by molar-refractivity contribution is 7.99. The zero-order chi connectivity index (χ0) is 16.0. The third kappa shape index (κ3) is 4.11.